The van der Waals surface area contributed by atoms with Gasteiger partial charge in [-0.15, -0.1) is 0 Å². The molecule has 0 radical (unpaired) electrons. The zero-order valence-electron chi connectivity index (χ0n) is 10.5. The van der Waals surface area contributed by atoms with Gasteiger partial charge in [-0.2, -0.15) is 36.5 Å². The zero-order chi connectivity index (χ0) is 13.5. The van der Waals surface area contributed by atoms with Gasteiger partial charge in [0.25, 0.3) is 5.95 Å². The molecule has 0 fully saturated rings. The van der Waals surface area contributed by atoms with Crippen molar-refractivity contribution in [3.63, 3.8) is 0 Å². The molecule has 0 saturated heterocycles. The Morgan fingerprint density at radius 3 is 2.95 bits per heavy atom. The second kappa shape index (κ2) is 7.25. The van der Waals surface area contributed by atoms with Gasteiger partial charge in [0.2, 0.25) is 11.2 Å². The molecule has 0 aliphatic carbocycles. The van der Waals surface area contributed by atoms with Crippen LogP contribution in [0.3, 0.4) is 0 Å². The first-order valence-electron chi connectivity index (χ1n) is 5.79. The van der Waals surface area contributed by atoms with Gasteiger partial charge in [-0.05, 0) is 36.5 Å². The molecule has 0 saturated carbocycles. The number of rotatable bonds is 7. The summed E-state index contributed by atoms with van der Waals surface area (Å²) in [6.45, 7) is 0.803. The van der Waals surface area contributed by atoms with E-state index >= 15 is 0 Å². The van der Waals surface area contributed by atoms with Crippen molar-refractivity contribution in [2.75, 3.05) is 23.9 Å². The average molecular weight is 300 g/mol. The van der Waals surface area contributed by atoms with Crippen LogP contribution in [-0.4, -0.2) is 48.3 Å². The van der Waals surface area contributed by atoms with Gasteiger partial charge >= 0.3 is 0 Å². The average Bonchev–Trinajstić information content (AvgIpc) is 2.92. The fraction of sp³-hybridized carbons (Fsp3) is 0.500. The molecule has 19 heavy (non-hydrogen) atoms. The Kier molecular flexibility index (Phi) is 5.34. The lowest BCUT2D eigenvalue weighted by molar-refractivity contribution is 0.785. The molecule has 2 heterocycles. The van der Waals surface area contributed by atoms with Crippen LogP contribution in [0, 0.1) is 0 Å². The van der Waals surface area contributed by atoms with Crippen molar-refractivity contribution in [3.05, 3.63) is 17.9 Å². The maximum Gasteiger partial charge on any atom is 0.258 e. The van der Waals surface area contributed by atoms with Crippen LogP contribution in [0.25, 0.3) is 5.95 Å². The highest BCUT2D eigenvalue weighted by Crippen LogP contribution is 2.09. The summed E-state index contributed by atoms with van der Waals surface area (Å²) in [5.74, 6) is 1.96. The van der Waals surface area contributed by atoms with Crippen LogP contribution in [0.5, 0.6) is 0 Å². The third-order valence-corrected chi connectivity index (χ3v) is 3.14. The summed E-state index contributed by atoms with van der Waals surface area (Å²) >= 11 is 7.70. The van der Waals surface area contributed by atoms with Crippen molar-refractivity contribution in [2.24, 2.45) is 0 Å². The molecule has 0 amide bonds. The molecule has 102 valence electrons. The summed E-state index contributed by atoms with van der Waals surface area (Å²) in [5, 5.41) is 7.21. The predicted molar refractivity (Wildman–Crippen MR) is 75.9 cm³/mol. The number of thioether (sulfide) groups is 1. The number of hydrogen-bond donors (Lipinski definition) is 1. The lowest BCUT2D eigenvalue weighted by Crippen LogP contribution is -2.10. The van der Waals surface area contributed by atoms with Crippen molar-refractivity contribution in [3.8, 4) is 5.95 Å². The van der Waals surface area contributed by atoms with Gasteiger partial charge in [0.1, 0.15) is 12.7 Å². The lowest BCUT2D eigenvalue weighted by Gasteiger charge is -2.06. The molecular weight excluding hydrogens is 286 g/mol. The van der Waals surface area contributed by atoms with Crippen LogP contribution in [0.4, 0.5) is 5.95 Å². The number of nitrogens with zero attached hydrogens (tertiary/aromatic N) is 6. The molecule has 0 spiro atoms. The predicted octanol–water partition coefficient (Wildman–Crippen LogP) is 1.66. The molecular formula is C10H14ClN7S. The molecule has 0 aliphatic rings. The molecule has 0 atom stereocenters. The molecule has 7 nitrogen and oxygen atoms in total. The monoisotopic (exact) mass is 299 g/mol. The van der Waals surface area contributed by atoms with E-state index < -0.39 is 0 Å². The summed E-state index contributed by atoms with van der Waals surface area (Å²) in [4.78, 5) is 16.1. The Morgan fingerprint density at radius 1 is 1.32 bits per heavy atom. The second-order valence-corrected chi connectivity index (χ2v) is 5.02. The first-order valence-corrected chi connectivity index (χ1v) is 7.56. The topological polar surface area (TPSA) is 81.4 Å². The number of hydrogen-bond acceptors (Lipinski definition) is 7. The number of halogens is 1. The minimum atomic E-state index is 0.132. The maximum absolute atomic E-state index is 5.86. The van der Waals surface area contributed by atoms with Crippen molar-refractivity contribution < 1.29 is 0 Å². The van der Waals surface area contributed by atoms with Crippen LogP contribution in [-0.2, 0) is 0 Å². The quantitative estimate of drug-likeness (QED) is 0.779. The molecule has 1 N–H and O–H groups in total. The van der Waals surface area contributed by atoms with E-state index in [0.717, 1.165) is 25.1 Å². The number of nitrogens with one attached hydrogen (secondary N) is 1. The standard InChI is InChI=1S/C10H14ClN7S/c1-19-5-3-2-4-13-9-15-8(11)16-10(17-9)18-7-12-6-14-18/h6-7H,2-5H2,1H3,(H,13,15,16,17). The minimum absolute atomic E-state index is 0.132. The van der Waals surface area contributed by atoms with Crippen LogP contribution >= 0.6 is 23.4 Å². The normalized spacial score (nSPS) is 10.6. The Balaban J connectivity index is 1.97. The van der Waals surface area contributed by atoms with Crippen molar-refractivity contribution in [1.29, 1.82) is 0 Å². The van der Waals surface area contributed by atoms with E-state index in [2.05, 4.69) is 36.6 Å². The van der Waals surface area contributed by atoms with E-state index in [4.69, 9.17) is 11.6 Å². The van der Waals surface area contributed by atoms with Gasteiger partial charge in [-0.3, -0.25) is 0 Å². The Morgan fingerprint density at radius 2 is 2.21 bits per heavy atom. The van der Waals surface area contributed by atoms with Gasteiger partial charge in [-0.1, -0.05) is 0 Å². The summed E-state index contributed by atoms with van der Waals surface area (Å²) < 4.78 is 1.44. The van der Waals surface area contributed by atoms with Gasteiger partial charge in [0.05, 0.1) is 0 Å². The lowest BCUT2D eigenvalue weighted by atomic mass is 10.3. The van der Waals surface area contributed by atoms with Crippen LogP contribution < -0.4 is 5.32 Å². The highest BCUT2D eigenvalue weighted by molar-refractivity contribution is 7.98. The van der Waals surface area contributed by atoms with Crippen LogP contribution in [0.1, 0.15) is 12.8 Å². The minimum Gasteiger partial charge on any atom is -0.354 e. The highest BCUT2D eigenvalue weighted by Gasteiger charge is 2.06. The maximum atomic E-state index is 5.86. The third kappa shape index (κ3) is 4.32. The number of anilines is 1. The summed E-state index contributed by atoms with van der Waals surface area (Å²) in [7, 11) is 0. The van der Waals surface area contributed by atoms with E-state index in [1.807, 2.05) is 11.8 Å². The van der Waals surface area contributed by atoms with Crippen LogP contribution in [0.15, 0.2) is 12.7 Å². The molecule has 2 rings (SSSR count). The number of unbranched alkanes of at least 4 members (excludes halogenated alkanes) is 1. The molecule has 2 aromatic rings. The Labute approximate surface area is 120 Å². The first kappa shape index (κ1) is 14.0. The van der Waals surface area contributed by atoms with Crippen LogP contribution in [0.2, 0.25) is 5.28 Å². The summed E-state index contributed by atoms with van der Waals surface area (Å²) in [6.07, 6.45) is 7.23. The second-order valence-electron chi connectivity index (χ2n) is 3.69. The number of aromatic nitrogens is 6. The van der Waals surface area contributed by atoms with E-state index in [1.165, 1.54) is 17.3 Å². The SMILES string of the molecule is CSCCCCNc1nc(Cl)nc(-n2cncn2)n1. The zero-order valence-corrected chi connectivity index (χ0v) is 12.0. The summed E-state index contributed by atoms with van der Waals surface area (Å²) in [5.41, 5.74) is 0. The van der Waals surface area contributed by atoms with Crippen molar-refractivity contribution >= 4 is 29.3 Å². The highest BCUT2D eigenvalue weighted by atomic mass is 35.5. The molecule has 0 aliphatic heterocycles. The van der Waals surface area contributed by atoms with Gasteiger partial charge in [0, 0.05) is 6.54 Å². The van der Waals surface area contributed by atoms with E-state index in [0.29, 0.717) is 11.9 Å². The molecule has 0 aromatic carbocycles. The largest absolute Gasteiger partial charge is 0.354 e. The van der Waals surface area contributed by atoms with Gasteiger partial charge in [-0.25, -0.2) is 4.98 Å². The van der Waals surface area contributed by atoms with E-state index in [9.17, 15) is 0 Å². The Bertz CT molecular complexity index is 505. The van der Waals surface area contributed by atoms with Crippen molar-refractivity contribution in [2.45, 2.75) is 12.8 Å². The Hall–Kier alpha value is -1.41. The molecule has 0 bridgehead atoms. The smallest absolute Gasteiger partial charge is 0.258 e. The first-order chi connectivity index (χ1) is 9.29. The molecule has 0 unspecified atom stereocenters. The van der Waals surface area contributed by atoms with Gasteiger partial charge < -0.3 is 5.32 Å². The van der Waals surface area contributed by atoms with Crippen molar-refractivity contribution in [1.82, 2.24) is 29.7 Å². The third-order valence-electron chi connectivity index (χ3n) is 2.28. The van der Waals surface area contributed by atoms with E-state index in [-0.39, 0.29) is 5.28 Å². The molecule has 2 aromatic heterocycles. The fourth-order valence-corrected chi connectivity index (χ4v) is 2.05. The molecule has 9 heteroatoms. The van der Waals surface area contributed by atoms with E-state index in [1.54, 1.807) is 0 Å². The summed E-state index contributed by atoms with van der Waals surface area (Å²) in [6, 6.07) is 0. The fourth-order valence-electron chi connectivity index (χ4n) is 1.40. The van der Waals surface area contributed by atoms with Gasteiger partial charge in [0.15, 0.2) is 0 Å².